The average Bonchev–Trinajstić information content (AvgIpc) is 2.14. The predicted octanol–water partition coefficient (Wildman–Crippen LogP) is -0.223. The molecule has 5 heteroatoms. The highest BCUT2D eigenvalue weighted by molar-refractivity contribution is 5.90. The molecule has 0 fully saturated rings. The SMILES string of the molecule is CCC(N)C(=O)OC(=O)C(N)C(C)C. The lowest BCUT2D eigenvalue weighted by Crippen LogP contribution is -2.41. The maximum Gasteiger partial charge on any atom is 0.330 e. The molecule has 0 spiro atoms. The molecule has 0 aliphatic carbocycles. The van der Waals surface area contributed by atoms with Crippen LogP contribution in [0, 0.1) is 5.92 Å². The Hall–Kier alpha value is -0.940. The Kier molecular flexibility index (Phi) is 5.34. The van der Waals surface area contributed by atoms with E-state index in [1.807, 2.05) is 0 Å². The van der Waals surface area contributed by atoms with Crippen molar-refractivity contribution in [3.63, 3.8) is 0 Å². The summed E-state index contributed by atoms with van der Waals surface area (Å²) in [6.07, 6.45) is 0.434. The van der Waals surface area contributed by atoms with Crippen molar-refractivity contribution in [1.82, 2.24) is 0 Å². The van der Waals surface area contributed by atoms with E-state index in [2.05, 4.69) is 4.74 Å². The molecule has 2 unspecified atom stereocenters. The first-order valence-corrected chi connectivity index (χ1v) is 4.66. The number of hydrogen-bond donors (Lipinski definition) is 2. The van der Waals surface area contributed by atoms with Gasteiger partial charge in [-0.3, -0.25) is 0 Å². The minimum atomic E-state index is -0.775. The molecule has 14 heavy (non-hydrogen) atoms. The zero-order valence-electron chi connectivity index (χ0n) is 8.82. The van der Waals surface area contributed by atoms with Crippen molar-refractivity contribution in [1.29, 1.82) is 0 Å². The van der Waals surface area contributed by atoms with Gasteiger partial charge in [-0.15, -0.1) is 0 Å². The van der Waals surface area contributed by atoms with Crippen LogP contribution in [0.5, 0.6) is 0 Å². The van der Waals surface area contributed by atoms with Crippen LogP contribution in [-0.2, 0) is 14.3 Å². The number of carbonyl (C=O) groups is 2. The fourth-order valence-corrected chi connectivity index (χ4v) is 0.682. The number of ether oxygens (including phenoxy) is 1. The molecular formula is C9H18N2O3. The first-order chi connectivity index (χ1) is 6.40. The van der Waals surface area contributed by atoms with E-state index in [1.165, 1.54) is 0 Å². The highest BCUT2D eigenvalue weighted by Gasteiger charge is 2.23. The first-order valence-electron chi connectivity index (χ1n) is 4.66. The molecule has 0 aromatic carbocycles. The Morgan fingerprint density at radius 2 is 1.71 bits per heavy atom. The van der Waals surface area contributed by atoms with Gasteiger partial charge >= 0.3 is 11.9 Å². The molecule has 4 N–H and O–H groups in total. The summed E-state index contributed by atoms with van der Waals surface area (Å²) in [5.74, 6) is -1.49. The van der Waals surface area contributed by atoms with E-state index >= 15 is 0 Å². The third kappa shape index (κ3) is 3.85. The van der Waals surface area contributed by atoms with Gasteiger partial charge in [-0.05, 0) is 12.3 Å². The van der Waals surface area contributed by atoms with Crippen molar-refractivity contribution in [3.8, 4) is 0 Å². The summed E-state index contributed by atoms with van der Waals surface area (Å²) < 4.78 is 4.50. The molecule has 0 bridgehead atoms. The molecule has 0 rings (SSSR count). The topological polar surface area (TPSA) is 95.4 Å². The summed E-state index contributed by atoms with van der Waals surface area (Å²) in [6.45, 7) is 5.28. The van der Waals surface area contributed by atoms with Gasteiger partial charge in [-0.1, -0.05) is 20.8 Å². The van der Waals surface area contributed by atoms with E-state index in [0.717, 1.165) is 0 Å². The van der Waals surface area contributed by atoms with Gasteiger partial charge in [0.25, 0.3) is 0 Å². The van der Waals surface area contributed by atoms with Gasteiger partial charge in [0.1, 0.15) is 12.1 Å². The molecule has 5 nitrogen and oxygen atoms in total. The molecule has 82 valence electrons. The first kappa shape index (κ1) is 13.1. The van der Waals surface area contributed by atoms with Crippen LogP contribution in [0.15, 0.2) is 0 Å². The highest BCUT2D eigenvalue weighted by atomic mass is 16.6. The van der Waals surface area contributed by atoms with Crippen LogP contribution in [0.1, 0.15) is 27.2 Å². The standard InChI is InChI=1S/C9H18N2O3/c1-4-6(10)8(12)14-9(13)7(11)5(2)3/h5-7H,4,10-11H2,1-3H3. The lowest BCUT2D eigenvalue weighted by atomic mass is 10.1. The third-order valence-corrected chi connectivity index (χ3v) is 1.93. The molecule has 0 heterocycles. The Bertz CT molecular complexity index is 216. The smallest absolute Gasteiger partial charge is 0.330 e. The maximum absolute atomic E-state index is 11.2. The fourth-order valence-electron chi connectivity index (χ4n) is 0.682. The minimum Gasteiger partial charge on any atom is -0.391 e. The van der Waals surface area contributed by atoms with Crippen LogP contribution in [0.4, 0.5) is 0 Å². The summed E-state index contributed by atoms with van der Waals surface area (Å²) in [5.41, 5.74) is 10.9. The van der Waals surface area contributed by atoms with Crippen molar-refractivity contribution in [3.05, 3.63) is 0 Å². The van der Waals surface area contributed by atoms with Gasteiger partial charge < -0.3 is 16.2 Å². The molecule has 2 atom stereocenters. The summed E-state index contributed by atoms with van der Waals surface area (Å²) in [5, 5.41) is 0. The van der Waals surface area contributed by atoms with Crippen molar-refractivity contribution >= 4 is 11.9 Å². The van der Waals surface area contributed by atoms with Crippen molar-refractivity contribution in [2.45, 2.75) is 39.3 Å². The largest absolute Gasteiger partial charge is 0.391 e. The number of rotatable bonds is 4. The highest BCUT2D eigenvalue weighted by Crippen LogP contribution is 2.01. The molecule has 0 radical (unpaired) electrons. The Balaban J connectivity index is 4.13. The monoisotopic (exact) mass is 202 g/mol. The second kappa shape index (κ2) is 5.72. The molecule has 0 amide bonds. The Morgan fingerprint density at radius 3 is 2.07 bits per heavy atom. The zero-order valence-corrected chi connectivity index (χ0v) is 8.82. The molecule has 0 aromatic heterocycles. The van der Waals surface area contributed by atoms with Crippen LogP contribution >= 0.6 is 0 Å². The molecular weight excluding hydrogens is 184 g/mol. The third-order valence-electron chi connectivity index (χ3n) is 1.93. The molecule has 0 saturated carbocycles. The second-order valence-electron chi connectivity index (χ2n) is 3.52. The van der Waals surface area contributed by atoms with Crippen LogP contribution in [0.2, 0.25) is 0 Å². The molecule has 0 aromatic rings. The number of hydrogen-bond acceptors (Lipinski definition) is 5. The van der Waals surface area contributed by atoms with E-state index in [0.29, 0.717) is 6.42 Å². The van der Waals surface area contributed by atoms with Gasteiger partial charge in [-0.2, -0.15) is 0 Å². The van der Waals surface area contributed by atoms with Crippen LogP contribution in [0.3, 0.4) is 0 Å². The van der Waals surface area contributed by atoms with Crippen LogP contribution < -0.4 is 11.5 Å². The van der Waals surface area contributed by atoms with Crippen molar-refractivity contribution in [2.75, 3.05) is 0 Å². The fraction of sp³-hybridized carbons (Fsp3) is 0.778. The molecule has 0 saturated heterocycles. The number of esters is 2. The molecule has 0 aliphatic heterocycles. The zero-order chi connectivity index (χ0) is 11.3. The van der Waals surface area contributed by atoms with E-state index in [-0.39, 0.29) is 5.92 Å². The van der Waals surface area contributed by atoms with Gasteiger partial charge in [-0.25, -0.2) is 9.59 Å². The van der Waals surface area contributed by atoms with E-state index in [1.54, 1.807) is 20.8 Å². The van der Waals surface area contributed by atoms with Crippen molar-refractivity contribution < 1.29 is 14.3 Å². The summed E-state index contributed by atoms with van der Waals surface area (Å²) in [4.78, 5) is 22.3. The van der Waals surface area contributed by atoms with E-state index < -0.39 is 24.0 Å². The summed E-state index contributed by atoms with van der Waals surface area (Å²) in [7, 11) is 0. The lowest BCUT2D eigenvalue weighted by Gasteiger charge is -2.14. The number of carbonyl (C=O) groups excluding carboxylic acids is 2. The predicted molar refractivity (Wildman–Crippen MR) is 52.2 cm³/mol. The van der Waals surface area contributed by atoms with Gasteiger partial charge in [0.2, 0.25) is 0 Å². The van der Waals surface area contributed by atoms with E-state index in [9.17, 15) is 9.59 Å². The van der Waals surface area contributed by atoms with Crippen LogP contribution in [0.25, 0.3) is 0 Å². The van der Waals surface area contributed by atoms with Gasteiger partial charge in [0.05, 0.1) is 0 Å². The number of nitrogens with two attached hydrogens (primary N) is 2. The normalized spacial score (nSPS) is 15.0. The van der Waals surface area contributed by atoms with Crippen molar-refractivity contribution in [2.24, 2.45) is 17.4 Å². The molecule has 0 aliphatic rings. The maximum atomic E-state index is 11.2. The lowest BCUT2D eigenvalue weighted by molar-refractivity contribution is -0.162. The van der Waals surface area contributed by atoms with Gasteiger partial charge in [0, 0.05) is 0 Å². The quantitative estimate of drug-likeness (QED) is 0.485. The summed E-state index contributed by atoms with van der Waals surface area (Å²) in [6, 6.07) is -1.53. The van der Waals surface area contributed by atoms with E-state index in [4.69, 9.17) is 11.5 Å². The average molecular weight is 202 g/mol. The Labute approximate surface area is 83.8 Å². The Morgan fingerprint density at radius 1 is 1.21 bits per heavy atom. The summed E-state index contributed by atoms with van der Waals surface area (Å²) >= 11 is 0. The second-order valence-corrected chi connectivity index (χ2v) is 3.52. The minimum absolute atomic E-state index is 0.0619. The van der Waals surface area contributed by atoms with Gasteiger partial charge in [0.15, 0.2) is 0 Å². The van der Waals surface area contributed by atoms with Crippen LogP contribution in [-0.4, -0.2) is 24.0 Å².